The van der Waals surface area contributed by atoms with Crippen LogP contribution in [-0.4, -0.2) is 37.8 Å². The largest absolute Gasteiger partial charge is 0.479 e. The smallest absolute Gasteiger partial charge is 0.265 e. The minimum Gasteiger partial charge on any atom is -0.479 e. The van der Waals surface area contributed by atoms with Gasteiger partial charge in [0.1, 0.15) is 5.75 Å². The van der Waals surface area contributed by atoms with Crippen molar-refractivity contribution in [3.8, 4) is 5.75 Å². The number of rotatable bonds is 6. The quantitative estimate of drug-likeness (QED) is 0.656. The summed E-state index contributed by atoms with van der Waals surface area (Å²) in [7, 11) is -3.53. The Hall–Kier alpha value is -1.80. The molecule has 1 aliphatic heterocycles. The van der Waals surface area contributed by atoms with Gasteiger partial charge in [0.15, 0.2) is 6.10 Å². The zero-order valence-electron chi connectivity index (χ0n) is 16.8. The van der Waals surface area contributed by atoms with E-state index in [9.17, 15) is 13.2 Å². The highest BCUT2D eigenvalue weighted by Gasteiger charge is 2.28. The third kappa shape index (κ3) is 5.46. The zero-order valence-corrected chi connectivity index (χ0v) is 19.1. The first-order valence-electron chi connectivity index (χ1n) is 9.69. The Balaban J connectivity index is 1.62. The normalized spacial score (nSPS) is 16.8. The Morgan fingerprint density at radius 2 is 1.77 bits per heavy atom. The monoisotopic (exact) mass is 470 g/mol. The second-order valence-electron chi connectivity index (χ2n) is 7.44. The minimum atomic E-state index is -3.53. The van der Waals surface area contributed by atoms with E-state index >= 15 is 0 Å². The van der Waals surface area contributed by atoms with E-state index in [1.807, 2.05) is 0 Å². The summed E-state index contributed by atoms with van der Waals surface area (Å²) in [6, 6.07) is 10.9. The number of piperidine rings is 1. The van der Waals surface area contributed by atoms with Crippen LogP contribution in [0.2, 0.25) is 10.0 Å². The molecule has 1 atom stereocenters. The Kier molecular flexibility index (Phi) is 7.29. The third-order valence-electron chi connectivity index (χ3n) is 5.07. The summed E-state index contributed by atoms with van der Waals surface area (Å²) in [4.78, 5) is 12.6. The summed E-state index contributed by atoms with van der Waals surface area (Å²) in [5.41, 5.74) is 0.476. The molecule has 0 radical (unpaired) electrons. The molecule has 0 spiro atoms. The molecule has 0 aliphatic carbocycles. The number of carbonyl (C=O) groups is 1. The number of hydrogen-bond acceptors (Lipinski definition) is 4. The molecule has 30 heavy (non-hydrogen) atoms. The molecular formula is C21H24Cl2N2O4S. The summed E-state index contributed by atoms with van der Waals surface area (Å²) in [6.07, 6.45) is 0.911. The Bertz CT molecular complexity index is 1000. The van der Waals surface area contributed by atoms with Gasteiger partial charge in [0.05, 0.1) is 9.92 Å². The summed E-state index contributed by atoms with van der Waals surface area (Å²) in [5.74, 6) is 0.503. The minimum absolute atomic E-state index is 0.215. The number of carbonyl (C=O) groups excluding carboxylic acids is 1. The van der Waals surface area contributed by atoms with Crippen LogP contribution >= 0.6 is 23.2 Å². The van der Waals surface area contributed by atoms with Gasteiger partial charge in [-0.3, -0.25) is 4.79 Å². The second-order valence-corrected chi connectivity index (χ2v) is 10.2. The molecule has 1 fully saturated rings. The predicted molar refractivity (Wildman–Crippen MR) is 119 cm³/mol. The number of benzene rings is 2. The van der Waals surface area contributed by atoms with E-state index < -0.39 is 16.1 Å². The maximum atomic E-state index is 12.8. The fraction of sp³-hybridized carbons (Fsp3) is 0.381. The molecule has 1 N–H and O–H groups in total. The molecule has 0 aromatic heterocycles. The number of hydrogen-bond donors (Lipinski definition) is 1. The molecule has 9 heteroatoms. The van der Waals surface area contributed by atoms with Gasteiger partial charge in [-0.05, 0) is 68.1 Å². The highest BCUT2D eigenvalue weighted by Crippen LogP contribution is 2.29. The van der Waals surface area contributed by atoms with Gasteiger partial charge in [-0.25, -0.2) is 8.42 Å². The van der Waals surface area contributed by atoms with Crippen LogP contribution in [0.3, 0.4) is 0 Å². The Morgan fingerprint density at radius 1 is 1.13 bits per heavy atom. The standard InChI is InChI=1S/C21H24Cl2N2O4S/c1-14-9-11-25(12-10-14)30(27,28)18-6-4-17(5-7-18)24-21(26)15(2)29-20-8-3-16(22)13-19(20)23/h3-8,13-15H,9-12H2,1-2H3,(H,24,26)/t15-/m0/s1. The van der Waals surface area contributed by atoms with Crippen molar-refractivity contribution < 1.29 is 17.9 Å². The number of anilines is 1. The lowest BCUT2D eigenvalue weighted by Gasteiger charge is -2.29. The van der Waals surface area contributed by atoms with Crippen molar-refractivity contribution in [2.75, 3.05) is 18.4 Å². The number of nitrogens with one attached hydrogen (secondary N) is 1. The van der Waals surface area contributed by atoms with Crippen molar-refractivity contribution in [1.82, 2.24) is 4.31 Å². The Morgan fingerprint density at radius 3 is 2.37 bits per heavy atom. The van der Waals surface area contributed by atoms with Crippen molar-refractivity contribution in [3.63, 3.8) is 0 Å². The Labute approximate surface area is 187 Å². The summed E-state index contributed by atoms with van der Waals surface area (Å²) < 4.78 is 32.7. The average molecular weight is 471 g/mol. The maximum absolute atomic E-state index is 12.8. The molecule has 0 saturated carbocycles. The average Bonchev–Trinajstić information content (AvgIpc) is 2.70. The predicted octanol–water partition coefficient (Wildman–Crippen LogP) is 4.82. The number of sulfonamides is 1. The molecule has 0 bridgehead atoms. The van der Waals surface area contributed by atoms with E-state index in [1.165, 1.54) is 22.5 Å². The molecule has 1 amide bonds. The SMILES string of the molecule is CC1CCN(S(=O)(=O)c2ccc(NC(=O)[C@H](C)Oc3ccc(Cl)cc3Cl)cc2)CC1. The number of nitrogens with zero attached hydrogens (tertiary/aromatic N) is 1. The molecule has 0 unspecified atom stereocenters. The van der Waals surface area contributed by atoms with Crippen molar-refractivity contribution in [2.45, 2.75) is 37.7 Å². The summed E-state index contributed by atoms with van der Waals surface area (Å²) >= 11 is 11.9. The highest BCUT2D eigenvalue weighted by atomic mass is 35.5. The van der Waals surface area contributed by atoms with Crippen LogP contribution in [0.25, 0.3) is 0 Å². The van der Waals surface area contributed by atoms with E-state index in [0.717, 1.165) is 12.8 Å². The van der Waals surface area contributed by atoms with Crippen LogP contribution in [0.1, 0.15) is 26.7 Å². The van der Waals surface area contributed by atoms with Crippen molar-refractivity contribution in [2.24, 2.45) is 5.92 Å². The molecular weight excluding hydrogens is 447 g/mol. The van der Waals surface area contributed by atoms with Gasteiger partial charge in [0, 0.05) is 23.8 Å². The first-order valence-corrected chi connectivity index (χ1v) is 11.9. The lowest BCUT2D eigenvalue weighted by Crippen LogP contribution is -2.37. The fourth-order valence-corrected chi connectivity index (χ4v) is 5.07. The van der Waals surface area contributed by atoms with Crippen LogP contribution in [0, 0.1) is 5.92 Å². The van der Waals surface area contributed by atoms with E-state index in [1.54, 1.807) is 31.2 Å². The second kappa shape index (κ2) is 9.56. The van der Waals surface area contributed by atoms with Gasteiger partial charge >= 0.3 is 0 Å². The first-order chi connectivity index (χ1) is 14.2. The lowest BCUT2D eigenvalue weighted by molar-refractivity contribution is -0.122. The number of halogens is 2. The molecule has 2 aromatic rings. The van der Waals surface area contributed by atoms with Gasteiger partial charge in [-0.2, -0.15) is 4.31 Å². The van der Waals surface area contributed by atoms with Gasteiger partial charge in [-0.1, -0.05) is 30.1 Å². The van der Waals surface area contributed by atoms with Gasteiger partial charge in [0.25, 0.3) is 5.91 Å². The summed E-state index contributed by atoms with van der Waals surface area (Å²) in [5, 5.41) is 3.50. The topological polar surface area (TPSA) is 75.7 Å². The van der Waals surface area contributed by atoms with Crippen LogP contribution in [0.4, 0.5) is 5.69 Å². The van der Waals surface area contributed by atoms with E-state index in [0.29, 0.717) is 40.5 Å². The van der Waals surface area contributed by atoms with E-state index in [-0.39, 0.29) is 10.8 Å². The first kappa shape index (κ1) is 22.9. The molecule has 1 aliphatic rings. The molecule has 6 nitrogen and oxygen atoms in total. The van der Waals surface area contributed by atoms with Crippen LogP contribution in [0.5, 0.6) is 5.75 Å². The molecule has 3 rings (SSSR count). The van der Waals surface area contributed by atoms with Crippen LogP contribution < -0.4 is 10.1 Å². The zero-order chi connectivity index (χ0) is 21.9. The number of amides is 1. The molecule has 2 aromatic carbocycles. The maximum Gasteiger partial charge on any atom is 0.265 e. The molecule has 162 valence electrons. The van der Waals surface area contributed by atoms with Crippen LogP contribution in [0.15, 0.2) is 47.4 Å². The van der Waals surface area contributed by atoms with Crippen molar-refractivity contribution in [1.29, 1.82) is 0 Å². The van der Waals surface area contributed by atoms with Crippen molar-refractivity contribution >= 4 is 44.8 Å². The summed E-state index contributed by atoms with van der Waals surface area (Å²) in [6.45, 7) is 4.79. The highest BCUT2D eigenvalue weighted by molar-refractivity contribution is 7.89. The van der Waals surface area contributed by atoms with Crippen molar-refractivity contribution in [3.05, 3.63) is 52.5 Å². The van der Waals surface area contributed by atoms with E-state index in [4.69, 9.17) is 27.9 Å². The fourth-order valence-electron chi connectivity index (χ4n) is 3.14. The number of ether oxygens (including phenoxy) is 1. The van der Waals surface area contributed by atoms with Crippen LogP contribution in [-0.2, 0) is 14.8 Å². The molecule has 1 heterocycles. The lowest BCUT2D eigenvalue weighted by atomic mass is 10.0. The molecule has 1 saturated heterocycles. The van der Waals surface area contributed by atoms with Gasteiger partial charge < -0.3 is 10.1 Å². The van der Waals surface area contributed by atoms with Gasteiger partial charge in [0.2, 0.25) is 10.0 Å². The third-order valence-corrected chi connectivity index (χ3v) is 7.51. The van der Waals surface area contributed by atoms with Gasteiger partial charge in [-0.15, -0.1) is 0 Å². The van der Waals surface area contributed by atoms with E-state index in [2.05, 4.69) is 12.2 Å².